The molecule has 1 aromatic carbocycles. The first-order valence-electron chi connectivity index (χ1n) is 10.1. The summed E-state index contributed by atoms with van der Waals surface area (Å²) in [6.45, 7) is 7.17. The summed E-state index contributed by atoms with van der Waals surface area (Å²) in [5.41, 5.74) is 2.08. The molecule has 0 radical (unpaired) electrons. The van der Waals surface area contributed by atoms with Gasteiger partial charge in [-0.3, -0.25) is 4.99 Å². The molecule has 2 aromatic rings. The zero-order valence-electron chi connectivity index (χ0n) is 17.2. The van der Waals surface area contributed by atoms with E-state index < -0.39 is 6.10 Å². The molecule has 0 amide bonds. The lowest BCUT2D eigenvalue weighted by Crippen LogP contribution is -2.49. The summed E-state index contributed by atoms with van der Waals surface area (Å²) in [4.78, 5) is 11.4. The van der Waals surface area contributed by atoms with Gasteiger partial charge in [0, 0.05) is 31.9 Å². The number of benzene rings is 1. The number of aromatic nitrogens is 1. The molecule has 0 spiro atoms. The van der Waals surface area contributed by atoms with Crippen molar-refractivity contribution in [2.45, 2.75) is 38.8 Å². The number of aliphatic hydroxyl groups is 1. The smallest absolute Gasteiger partial charge is 0.191 e. The third-order valence-corrected chi connectivity index (χ3v) is 5.04. The van der Waals surface area contributed by atoms with Gasteiger partial charge in [0.05, 0.1) is 12.6 Å². The van der Waals surface area contributed by atoms with E-state index in [2.05, 4.69) is 38.5 Å². The van der Waals surface area contributed by atoms with Crippen LogP contribution >= 0.6 is 24.0 Å². The fourth-order valence-electron chi connectivity index (χ4n) is 3.38. The number of nitrogens with one attached hydrogen (secondary N) is 2. The van der Waals surface area contributed by atoms with Crippen LogP contribution in [0.1, 0.15) is 37.0 Å². The number of rotatable bonds is 6. The molecule has 1 atom stereocenters. The number of nitrogens with zero attached hydrogens (tertiary/aromatic N) is 3. The van der Waals surface area contributed by atoms with Crippen LogP contribution in [-0.2, 0) is 0 Å². The molecule has 0 aliphatic carbocycles. The standard InChI is InChI=1S/C22H31N5O.HI/c1-3-23-22(25-16-20(28)18-9-7-17(2)8-10-18)26-19-11-14-27(15-12-19)21-6-4-5-13-24-21;/h4-10,13,19-20,28H,3,11-12,14-16H2,1-2H3,(H2,23,25,26);1H. The maximum Gasteiger partial charge on any atom is 0.191 e. The van der Waals surface area contributed by atoms with E-state index in [4.69, 9.17) is 0 Å². The maximum absolute atomic E-state index is 10.4. The second kappa shape index (κ2) is 12.0. The summed E-state index contributed by atoms with van der Waals surface area (Å²) in [5.74, 6) is 1.81. The van der Waals surface area contributed by atoms with Crippen molar-refractivity contribution < 1.29 is 5.11 Å². The molecular weight excluding hydrogens is 477 g/mol. The molecule has 6 nitrogen and oxygen atoms in total. The van der Waals surface area contributed by atoms with Gasteiger partial charge in [0.1, 0.15) is 5.82 Å². The number of piperidine rings is 1. The molecule has 3 rings (SSSR count). The third-order valence-electron chi connectivity index (χ3n) is 5.04. The van der Waals surface area contributed by atoms with Crippen molar-refractivity contribution in [2.75, 3.05) is 31.1 Å². The molecule has 0 saturated carbocycles. The zero-order valence-corrected chi connectivity index (χ0v) is 19.5. The van der Waals surface area contributed by atoms with Crippen LogP contribution in [0.25, 0.3) is 0 Å². The Hall–Kier alpha value is -1.87. The van der Waals surface area contributed by atoms with Crippen LogP contribution in [0.15, 0.2) is 53.7 Å². The summed E-state index contributed by atoms with van der Waals surface area (Å²) in [6.07, 6.45) is 3.31. The second-order valence-electron chi connectivity index (χ2n) is 7.24. The molecule has 7 heteroatoms. The summed E-state index contributed by atoms with van der Waals surface area (Å²) in [7, 11) is 0. The first-order chi connectivity index (χ1) is 13.7. The Balaban J connectivity index is 0.00000300. The molecule has 1 aromatic heterocycles. The number of aryl methyl sites for hydroxylation is 1. The number of hydrogen-bond donors (Lipinski definition) is 3. The van der Waals surface area contributed by atoms with Gasteiger partial charge in [0.25, 0.3) is 0 Å². The predicted molar refractivity (Wildman–Crippen MR) is 130 cm³/mol. The minimum atomic E-state index is -0.595. The van der Waals surface area contributed by atoms with Gasteiger partial charge >= 0.3 is 0 Å². The number of hydrogen-bond acceptors (Lipinski definition) is 4. The van der Waals surface area contributed by atoms with Crippen LogP contribution in [0.2, 0.25) is 0 Å². The van der Waals surface area contributed by atoms with Gasteiger partial charge in [-0.2, -0.15) is 0 Å². The highest BCUT2D eigenvalue weighted by molar-refractivity contribution is 14.0. The number of anilines is 1. The highest BCUT2D eigenvalue weighted by Gasteiger charge is 2.20. The quantitative estimate of drug-likeness (QED) is 0.317. The Morgan fingerprint density at radius 2 is 1.93 bits per heavy atom. The number of halogens is 1. The van der Waals surface area contributed by atoms with Crippen LogP contribution in [0.3, 0.4) is 0 Å². The largest absolute Gasteiger partial charge is 0.386 e. The van der Waals surface area contributed by atoms with Crippen molar-refractivity contribution in [3.05, 3.63) is 59.8 Å². The first-order valence-corrected chi connectivity index (χ1v) is 10.1. The van der Waals surface area contributed by atoms with Gasteiger partial charge in [0.15, 0.2) is 5.96 Å². The Morgan fingerprint density at radius 1 is 1.21 bits per heavy atom. The number of pyridine rings is 1. The van der Waals surface area contributed by atoms with Gasteiger partial charge < -0.3 is 20.6 Å². The topological polar surface area (TPSA) is 72.8 Å². The molecule has 1 unspecified atom stereocenters. The number of aliphatic hydroxyl groups excluding tert-OH is 1. The lowest BCUT2D eigenvalue weighted by Gasteiger charge is -2.33. The molecule has 3 N–H and O–H groups in total. The summed E-state index contributed by atoms with van der Waals surface area (Å²) < 4.78 is 0. The Bertz CT molecular complexity index is 746. The van der Waals surface area contributed by atoms with Crippen molar-refractivity contribution >= 4 is 35.8 Å². The zero-order chi connectivity index (χ0) is 19.8. The normalized spacial score (nSPS) is 16.1. The van der Waals surface area contributed by atoms with Crippen LogP contribution in [0, 0.1) is 6.92 Å². The van der Waals surface area contributed by atoms with Gasteiger partial charge in [-0.1, -0.05) is 35.9 Å². The van der Waals surface area contributed by atoms with Gasteiger partial charge in [0.2, 0.25) is 0 Å². The van der Waals surface area contributed by atoms with Crippen molar-refractivity contribution in [1.29, 1.82) is 0 Å². The summed E-state index contributed by atoms with van der Waals surface area (Å²) in [6, 6.07) is 14.4. The predicted octanol–water partition coefficient (Wildman–Crippen LogP) is 3.27. The molecule has 1 aliphatic rings. The van der Waals surface area contributed by atoms with Gasteiger partial charge in [-0.15, -0.1) is 24.0 Å². The lowest BCUT2D eigenvalue weighted by molar-refractivity contribution is 0.187. The average Bonchev–Trinajstić information content (AvgIpc) is 2.73. The van der Waals surface area contributed by atoms with Crippen LogP contribution < -0.4 is 15.5 Å². The first kappa shape index (κ1) is 23.4. The SMILES string of the molecule is CCNC(=NCC(O)c1ccc(C)cc1)NC1CCN(c2ccccn2)CC1.I. The number of aliphatic imine (C=N–C) groups is 1. The molecule has 158 valence electrons. The molecular formula is C22H32IN5O. The van der Waals surface area contributed by atoms with E-state index >= 15 is 0 Å². The van der Waals surface area contributed by atoms with Crippen LogP contribution in [0.4, 0.5) is 5.82 Å². The van der Waals surface area contributed by atoms with E-state index in [1.807, 2.05) is 49.5 Å². The lowest BCUT2D eigenvalue weighted by atomic mass is 10.1. The van der Waals surface area contributed by atoms with E-state index in [0.29, 0.717) is 12.6 Å². The molecule has 2 heterocycles. The van der Waals surface area contributed by atoms with Gasteiger partial charge in [-0.25, -0.2) is 4.98 Å². The molecule has 1 saturated heterocycles. The monoisotopic (exact) mass is 509 g/mol. The third kappa shape index (κ3) is 7.15. The second-order valence-corrected chi connectivity index (χ2v) is 7.24. The van der Waals surface area contributed by atoms with Crippen molar-refractivity contribution in [2.24, 2.45) is 4.99 Å². The van der Waals surface area contributed by atoms with Crippen molar-refractivity contribution in [3.63, 3.8) is 0 Å². The van der Waals surface area contributed by atoms with Gasteiger partial charge in [-0.05, 0) is 44.4 Å². The van der Waals surface area contributed by atoms with E-state index in [1.54, 1.807) is 0 Å². The fraction of sp³-hybridized carbons (Fsp3) is 0.455. The van der Waals surface area contributed by atoms with Crippen molar-refractivity contribution in [3.8, 4) is 0 Å². The van der Waals surface area contributed by atoms with Crippen LogP contribution in [0.5, 0.6) is 0 Å². The highest BCUT2D eigenvalue weighted by Crippen LogP contribution is 2.17. The minimum absolute atomic E-state index is 0. The van der Waals surface area contributed by atoms with E-state index in [9.17, 15) is 5.11 Å². The van der Waals surface area contributed by atoms with E-state index in [0.717, 1.165) is 49.8 Å². The fourth-order valence-corrected chi connectivity index (χ4v) is 3.38. The molecule has 29 heavy (non-hydrogen) atoms. The minimum Gasteiger partial charge on any atom is -0.386 e. The van der Waals surface area contributed by atoms with E-state index in [1.165, 1.54) is 5.56 Å². The maximum atomic E-state index is 10.4. The van der Waals surface area contributed by atoms with Crippen LogP contribution in [-0.4, -0.2) is 48.3 Å². The highest BCUT2D eigenvalue weighted by atomic mass is 127. The Morgan fingerprint density at radius 3 is 2.55 bits per heavy atom. The Labute approximate surface area is 190 Å². The summed E-state index contributed by atoms with van der Waals surface area (Å²) in [5, 5.41) is 17.2. The molecule has 0 bridgehead atoms. The Kier molecular flexibility index (Phi) is 9.66. The van der Waals surface area contributed by atoms with E-state index in [-0.39, 0.29) is 24.0 Å². The molecule has 1 aliphatic heterocycles. The molecule has 1 fully saturated rings. The van der Waals surface area contributed by atoms with Crippen molar-refractivity contribution in [1.82, 2.24) is 15.6 Å². The summed E-state index contributed by atoms with van der Waals surface area (Å²) >= 11 is 0. The number of guanidine groups is 1. The average molecular weight is 509 g/mol.